The first-order valence-electron chi connectivity index (χ1n) is 4.82. The van der Waals surface area contributed by atoms with Gasteiger partial charge in [0.05, 0.1) is 18.9 Å². The van der Waals surface area contributed by atoms with E-state index in [9.17, 15) is 4.79 Å². The van der Waals surface area contributed by atoms with E-state index in [0.29, 0.717) is 11.4 Å². The van der Waals surface area contributed by atoms with Gasteiger partial charge in [-0.1, -0.05) is 0 Å². The maximum Gasteiger partial charge on any atom is 0.309 e. The first-order valence-corrected chi connectivity index (χ1v) is 4.82. The Morgan fingerprint density at radius 1 is 1.62 bits per heavy atom. The zero-order valence-corrected chi connectivity index (χ0v) is 9.10. The van der Waals surface area contributed by atoms with E-state index in [1.807, 2.05) is 0 Å². The molecule has 84 valence electrons. The summed E-state index contributed by atoms with van der Waals surface area (Å²) < 4.78 is 6.97. The van der Waals surface area contributed by atoms with Crippen molar-refractivity contribution < 1.29 is 14.6 Å². The van der Waals surface area contributed by atoms with Crippen molar-refractivity contribution in [2.75, 3.05) is 7.11 Å². The number of aliphatic carboxylic acids is 1. The van der Waals surface area contributed by atoms with Crippen LogP contribution in [0.3, 0.4) is 0 Å². The second-order valence-electron chi connectivity index (χ2n) is 3.52. The van der Waals surface area contributed by atoms with Crippen molar-refractivity contribution in [1.29, 1.82) is 0 Å². The van der Waals surface area contributed by atoms with Crippen LogP contribution < -0.4 is 4.74 Å². The molecule has 5 nitrogen and oxygen atoms in total. The molecule has 2 aromatic rings. The fourth-order valence-electron chi connectivity index (χ4n) is 1.75. The van der Waals surface area contributed by atoms with Crippen LogP contribution in [-0.4, -0.2) is 27.7 Å². The molecule has 0 bridgehead atoms. The zero-order valence-electron chi connectivity index (χ0n) is 9.10. The lowest BCUT2D eigenvalue weighted by Gasteiger charge is -2.01. The SMILES string of the molecule is COc1ccnc2c1cc(CC(=O)O)n2C. The molecule has 0 aliphatic rings. The lowest BCUT2D eigenvalue weighted by Crippen LogP contribution is -2.05. The van der Waals surface area contributed by atoms with Gasteiger partial charge < -0.3 is 14.4 Å². The Morgan fingerprint density at radius 2 is 2.38 bits per heavy atom. The number of hydrogen-bond donors (Lipinski definition) is 1. The molecular formula is C11H12N2O3. The van der Waals surface area contributed by atoms with Crippen molar-refractivity contribution in [1.82, 2.24) is 9.55 Å². The molecular weight excluding hydrogens is 208 g/mol. The number of rotatable bonds is 3. The summed E-state index contributed by atoms with van der Waals surface area (Å²) in [6.45, 7) is 0. The maximum absolute atomic E-state index is 10.7. The summed E-state index contributed by atoms with van der Waals surface area (Å²) in [6, 6.07) is 3.56. The van der Waals surface area contributed by atoms with Crippen molar-refractivity contribution in [2.24, 2.45) is 7.05 Å². The van der Waals surface area contributed by atoms with E-state index in [2.05, 4.69) is 4.98 Å². The van der Waals surface area contributed by atoms with E-state index in [-0.39, 0.29) is 6.42 Å². The van der Waals surface area contributed by atoms with Crippen LogP contribution in [0.25, 0.3) is 11.0 Å². The molecule has 16 heavy (non-hydrogen) atoms. The predicted molar refractivity (Wildman–Crippen MR) is 58.6 cm³/mol. The average Bonchev–Trinajstić information content (AvgIpc) is 2.55. The molecule has 0 unspecified atom stereocenters. The van der Waals surface area contributed by atoms with Crippen molar-refractivity contribution >= 4 is 17.0 Å². The van der Waals surface area contributed by atoms with Crippen LogP contribution in [0.4, 0.5) is 0 Å². The molecule has 5 heteroatoms. The van der Waals surface area contributed by atoms with Gasteiger partial charge in [0, 0.05) is 18.9 Å². The summed E-state index contributed by atoms with van der Waals surface area (Å²) in [5.74, 6) is -0.151. The molecule has 0 saturated heterocycles. The number of carbonyl (C=O) groups is 1. The number of fused-ring (bicyclic) bond motifs is 1. The Bertz CT molecular complexity index is 545. The van der Waals surface area contributed by atoms with Gasteiger partial charge in [-0.25, -0.2) is 4.98 Å². The lowest BCUT2D eigenvalue weighted by molar-refractivity contribution is -0.136. The molecule has 0 atom stereocenters. The van der Waals surface area contributed by atoms with Crippen LogP contribution in [0.2, 0.25) is 0 Å². The molecule has 0 amide bonds. The second kappa shape index (κ2) is 3.84. The quantitative estimate of drug-likeness (QED) is 0.844. The standard InChI is InChI=1S/C11H12N2O3/c1-13-7(6-10(14)15)5-8-9(16-2)3-4-12-11(8)13/h3-5H,6H2,1-2H3,(H,14,15). The van der Waals surface area contributed by atoms with E-state index in [1.54, 1.807) is 37.1 Å². The minimum Gasteiger partial charge on any atom is -0.496 e. The smallest absolute Gasteiger partial charge is 0.309 e. The highest BCUT2D eigenvalue weighted by molar-refractivity contribution is 5.85. The van der Waals surface area contributed by atoms with Crippen LogP contribution in [-0.2, 0) is 18.3 Å². The van der Waals surface area contributed by atoms with Crippen molar-refractivity contribution in [2.45, 2.75) is 6.42 Å². The van der Waals surface area contributed by atoms with Crippen molar-refractivity contribution in [3.63, 3.8) is 0 Å². The van der Waals surface area contributed by atoms with Crippen LogP contribution in [0.15, 0.2) is 18.3 Å². The molecule has 0 spiro atoms. The van der Waals surface area contributed by atoms with Gasteiger partial charge in [0.15, 0.2) is 0 Å². The third kappa shape index (κ3) is 1.60. The third-order valence-electron chi connectivity index (χ3n) is 2.54. The number of pyridine rings is 1. The molecule has 0 aromatic carbocycles. The molecule has 0 radical (unpaired) electrons. The van der Waals surface area contributed by atoms with Crippen LogP contribution in [0.1, 0.15) is 5.69 Å². The van der Waals surface area contributed by atoms with Gasteiger partial charge >= 0.3 is 5.97 Å². The van der Waals surface area contributed by atoms with E-state index < -0.39 is 5.97 Å². The topological polar surface area (TPSA) is 64.3 Å². The van der Waals surface area contributed by atoms with Gasteiger partial charge in [0.1, 0.15) is 11.4 Å². The zero-order chi connectivity index (χ0) is 11.7. The number of hydrogen-bond acceptors (Lipinski definition) is 3. The highest BCUT2D eigenvalue weighted by atomic mass is 16.5. The van der Waals surface area contributed by atoms with Crippen molar-refractivity contribution in [3.05, 3.63) is 24.0 Å². The number of ether oxygens (including phenoxy) is 1. The number of aryl methyl sites for hydroxylation is 1. The monoisotopic (exact) mass is 220 g/mol. The summed E-state index contributed by atoms with van der Waals surface area (Å²) in [6.07, 6.45) is 1.63. The Kier molecular flexibility index (Phi) is 2.52. The minimum atomic E-state index is -0.857. The van der Waals surface area contributed by atoms with Crippen molar-refractivity contribution in [3.8, 4) is 5.75 Å². The molecule has 1 N–H and O–H groups in total. The van der Waals surface area contributed by atoms with Gasteiger partial charge in [-0.05, 0) is 12.1 Å². The number of carboxylic acids is 1. The summed E-state index contributed by atoms with van der Waals surface area (Å²) >= 11 is 0. The Balaban J connectivity index is 2.62. The van der Waals surface area contributed by atoms with E-state index in [1.165, 1.54) is 0 Å². The molecule has 2 aromatic heterocycles. The van der Waals surface area contributed by atoms with E-state index in [4.69, 9.17) is 9.84 Å². The highest BCUT2D eigenvalue weighted by Crippen LogP contribution is 2.26. The molecule has 0 fully saturated rings. The minimum absolute atomic E-state index is 0.0178. The lowest BCUT2D eigenvalue weighted by atomic mass is 10.2. The number of aromatic nitrogens is 2. The number of nitrogens with zero attached hydrogens (tertiary/aromatic N) is 2. The molecule has 0 saturated carbocycles. The molecule has 2 heterocycles. The first kappa shape index (κ1) is 10.5. The largest absolute Gasteiger partial charge is 0.496 e. The van der Waals surface area contributed by atoms with Crippen LogP contribution >= 0.6 is 0 Å². The van der Waals surface area contributed by atoms with Crippen LogP contribution in [0.5, 0.6) is 5.75 Å². The summed E-state index contributed by atoms with van der Waals surface area (Å²) in [7, 11) is 3.38. The van der Waals surface area contributed by atoms with Gasteiger partial charge in [-0.2, -0.15) is 0 Å². The maximum atomic E-state index is 10.7. The van der Waals surface area contributed by atoms with Gasteiger partial charge in [-0.15, -0.1) is 0 Å². The van der Waals surface area contributed by atoms with Gasteiger partial charge in [0.2, 0.25) is 0 Å². The fourth-order valence-corrected chi connectivity index (χ4v) is 1.75. The number of methoxy groups -OCH3 is 1. The summed E-state index contributed by atoms with van der Waals surface area (Å²) in [5.41, 5.74) is 1.44. The molecule has 0 aliphatic carbocycles. The summed E-state index contributed by atoms with van der Waals surface area (Å²) in [5, 5.41) is 9.61. The Hall–Kier alpha value is -2.04. The van der Waals surface area contributed by atoms with Crippen LogP contribution in [0, 0.1) is 0 Å². The molecule has 0 aliphatic heterocycles. The Labute approximate surface area is 92.3 Å². The van der Waals surface area contributed by atoms with E-state index >= 15 is 0 Å². The molecule has 2 rings (SSSR count). The first-order chi connectivity index (χ1) is 7.63. The second-order valence-corrected chi connectivity index (χ2v) is 3.52. The van der Waals surface area contributed by atoms with Gasteiger partial charge in [0.25, 0.3) is 0 Å². The highest BCUT2D eigenvalue weighted by Gasteiger charge is 2.12. The third-order valence-corrected chi connectivity index (χ3v) is 2.54. The number of carboxylic acid groups (broad SMARTS) is 1. The fraction of sp³-hybridized carbons (Fsp3) is 0.273. The van der Waals surface area contributed by atoms with Gasteiger partial charge in [-0.3, -0.25) is 4.79 Å². The normalized spacial score (nSPS) is 10.6. The predicted octanol–water partition coefficient (Wildman–Crippen LogP) is 1.21. The summed E-state index contributed by atoms with van der Waals surface area (Å²) in [4.78, 5) is 14.9. The Morgan fingerprint density at radius 3 is 3.00 bits per heavy atom. The van der Waals surface area contributed by atoms with E-state index in [0.717, 1.165) is 11.0 Å². The average molecular weight is 220 g/mol.